The van der Waals surface area contributed by atoms with Crippen molar-refractivity contribution in [3.8, 4) is 17.3 Å². The highest BCUT2D eigenvalue weighted by Crippen LogP contribution is 2.29. The molecule has 0 unspecified atom stereocenters. The average molecular weight is 249 g/mol. The Kier molecular flexibility index (Phi) is 2.90. The Morgan fingerprint density at radius 2 is 2.06 bits per heavy atom. The monoisotopic (exact) mass is 248 g/mol. The van der Waals surface area contributed by atoms with Crippen LogP contribution in [0.4, 0.5) is 10.2 Å². The van der Waals surface area contributed by atoms with E-state index in [0.717, 1.165) is 6.07 Å². The van der Waals surface area contributed by atoms with Crippen molar-refractivity contribution in [2.75, 3.05) is 5.73 Å². The topological polar surface area (TPSA) is 75.6 Å². The zero-order valence-electron chi connectivity index (χ0n) is 8.48. The van der Waals surface area contributed by atoms with Gasteiger partial charge in [-0.2, -0.15) is 5.26 Å². The summed E-state index contributed by atoms with van der Waals surface area (Å²) >= 11 is 5.92. The van der Waals surface area contributed by atoms with Crippen LogP contribution in [0.2, 0.25) is 5.02 Å². The quantitative estimate of drug-likeness (QED) is 0.841. The van der Waals surface area contributed by atoms with Crippen LogP contribution in [0.25, 0.3) is 11.3 Å². The van der Waals surface area contributed by atoms with Crippen LogP contribution in [0.1, 0.15) is 5.56 Å². The Balaban J connectivity index is 2.65. The maximum absolute atomic E-state index is 13.3. The van der Waals surface area contributed by atoms with Crippen LogP contribution in [-0.4, -0.2) is 9.97 Å². The molecule has 0 bridgehead atoms. The third kappa shape index (κ3) is 2.17. The summed E-state index contributed by atoms with van der Waals surface area (Å²) in [5.41, 5.74) is 6.40. The van der Waals surface area contributed by atoms with Gasteiger partial charge in [0.05, 0.1) is 17.3 Å². The van der Waals surface area contributed by atoms with E-state index >= 15 is 0 Å². The van der Waals surface area contributed by atoms with Crippen molar-refractivity contribution >= 4 is 17.4 Å². The number of anilines is 1. The Morgan fingerprint density at radius 3 is 2.76 bits per heavy atom. The molecule has 0 spiro atoms. The molecule has 1 aromatic carbocycles. The van der Waals surface area contributed by atoms with Crippen molar-refractivity contribution in [1.29, 1.82) is 5.26 Å². The highest BCUT2D eigenvalue weighted by atomic mass is 35.5. The van der Waals surface area contributed by atoms with E-state index in [-0.39, 0.29) is 16.4 Å². The first-order chi connectivity index (χ1) is 8.11. The normalized spacial score (nSPS) is 9.94. The SMILES string of the molecule is N#Cc1cc(F)cc(-c2ncnc(N)c2Cl)c1. The Bertz CT molecular complexity index is 621. The molecule has 0 aliphatic rings. The molecule has 0 fully saturated rings. The molecule has 17 heavy (non-hydrogen) atoms. The van der Waals surface area contributed by atoms with Crippen LogP contribution in [0.15, 0.2) is 24.5 Å². The number of rotatable bonds is 1. The van der Waals surface area contributed by atoms with E-state index in [1.165, 1.54) is 18.5 Å². The number of nitrogen functional groups attached to an aromatic ring is 1. The standard InChI is InChI=1S/C11H6ClFN4/c12-9-10(16-5-17-11(9)15)7-1-6(4-14)2-8(13)3-7/h1-3,5H,(H2,15,16,17). The van der Waals surface area contributed by atoms with E-state index in [1.54, 1.807) is 0 Å². The number of hydrogen-bond donors (Lipinski definition) is 1. The van der Waals surface area contributed by atoms with Gasteiger partial charge in [-0.05, 0) is 18.2 Å². The molecule has 1 heterocycles. The first-order valence-corrected chi connectivity index (χ1v) is 4.96. The van der Waals surface area contributed by atoms with Crippen LogP contribution in [0, 0.1) is 17.1 Å². The van der Waals surface area contributed by atoms with Gasteiger partial charge in [0.2, 0.25) is 0 Å². The summed E-state index contributed by atoms with van der Waals surface area (Å²) in [6.45, 7) is 0. The summed E-state index contributed by atoms with van der Waals surface area (Å²) in [6.07, 6.45) is 1.23. The van der Waals surface area contributed by atoms with E-state index in [4.69, 9.17) is 22.6 Å². The fourth-order valence-electron chi connectivity index (χ4n) is 1.38. The summed E-state index contributed by atoms with van der Waals surface area (Å²) in [6, 6.07) is 5.69. The van der Waals surface area contributed by atoms with Crippen molar-refractivity contribution in [2.24, 2.45) is 0 Å². The van der Waals surface area contributed by atoms with Gasteiger partial charge in [-0.1, -0.05) is 11.6 Å². The third-order valence-corrected chi connectivity index (χ3v) is 2.49. The van der Waals surface area contributed by atoms with Crippen molar-refractivity contribution in [2.45, 2.75) is 0 Å². The van der Waals surface area contributed by atoms with Crippen molar-refractivity contribution in [1.82, 2.24) is 9.97 Å². The summed E-state index contributed by atoms with van der Waals surface area (Å²) in [5, 5.41) is 8.89. The fourth-order valence-corrected chi connectivity index (χ4v) is 1.58. The summed E-state index contributed by atoms with van der Waals surface area (Å²) in [4.78, 5) is 7.63. The molecule has 0 saturated heterocycles. The van der Waals surface area contributed by atoms with E-state index in [2.05, 4.69) is 9.97 Å². The molecule has 2 N–H and O–H groups in total. The van der Waals surface area contributed by atoms with Gasteiger partial charge in [0.15, 0.2) is 0 Å². The predicted molar refractivity (Wildman–Crippen MR) is 61.6 cm³/mol. The minimum Gasteiger partial charge on any atom is -0.382 e. The predicted octanol–water partition coefficient (Wildman–Crippen LogP) is 2.39. The molecular formula is C11H6ClFN4. The molecule has 0 amide bonds. The lowest BCUT2D eigenvalue weighted by molar-refractivity contribution is 0.628. The summed E-state index contributed by atoms with van der Waals surface area (Å²) < 4.78 is 13.3. The summed E-state index contributed by atoms with van der Waals surface area (Å²) in [7, 11) is 0. The maximum atomic E-state index is 13.3. The lowest BCUT2D eigenvalue weighted by Crippen LogP contribution is -1.96. The molecule has 0 aliphatic carbocycles. The first kappa shape index (κ1) is 11.3. The minimum absolute atomic E-state index is 0.111. The highest BCUT2D eigenvalue weighted by Gasteiger charge is 2.11. The van der Waals surface area contributed by atoms with Gasteiger partial charge in [-0.15, -0.1) is 0 Å². The van der Waals surface area contributed by atoms with Crippen LogP contribution in [-0.2, 0) is 0 Å². The van der Waals surface area contributed by atoms with E-state index in [9.17, 15) is 4.39 Å². The van der Waals surface area contributed by atoms with Crippen LogP contribution >= 0.6 is 11.6 Å². The van der Waals surface area contributed by atoms with Gasteiger partial charge < -0.3 is 5.73 Å². The first-order valence-electron chi connectivity index (χ1n) is 4.59. The van der Waals surface area contributed by atoms with E-state index in [0.29, 0.717) is 11.3 Å². The molecule has 1 aromatic heterocycles. The second-order valence-corrected chi connectivity index (χ2v) is 3.64. The lowest BCUT2D eigenvalue weighted by Gasteiger charge is -2.05. The van der Waals surface area contributed by atoms with Gasteiger partial charge in [0, 0.05) is 5.56 Å². The maximum Gasteiger partial charge on any atom is 0.146 e. The number of halogens is 2. The average Bonchev–Trinajstić information content (AvgIpc) is 2.31. The molecule has 84 valence electrons. The number of aromatic nitrogens is 2. The number of nitriles is 1. The van der Waals surface area contributed by atoms with Crippen molar-refractivity contribution in [3.63, 3.8) is 0 Å². The second kappa shape index (κ2) is 4.36. The van der Waals surface area contributed by atoms with Gasteiger partial charge in [-0.25, -0.2) is 14.4 Å². The molecule has 6 heteroatoms. The lowest BCUT2D eigenvalue weighted by atomic mass is 10.1. The molecular weight excluding hydrogens is 243 g/mol. The largest absolute Gasteiger partial charge is 0.382 e. The van der Waals surface area contributed by atoms with Crippen molar-refractivity contribution in [3.05, 3.63) is 40.9 Å². The highest BCUT2D eigenvalue weighted by molar-refractivity contribution is 6.35. The zero-order valence-corrected chi connectivity index (χ0v) is 9.24. The van der Waals surface area contributed by atoms with E-state index in [1.807, 2.05) is 6.07 Å². The van der Waals surface area contributed by atoms with Gasteiger partial charge in [0.1, 0.15) is 23.0 Å². The Hall–Kier alpha value is -2.19. The Labute approximate surface area is 101 Å². The van der Waals surface area contributed by atoms with Gasteiger partial charge >= 0.3 is 0 Å². The molecule has 2 rings (SSSR count). The fraction of sp³-hybridized carbons (Fsp3) is 0. The third-order valence-electron chi connectivity index (χ3n) is 2.12. The number of nitrogens with zero attached hydrogens (tertiary/aromatic N) is 3. The smallest absolute Gasteiger partial charge is 0.146 e. The summed E-state index contributed by atoms with van der Waals surface area (Å²) in [5.74, 6) is -0.424. The molecule has 4 nitrogen and oxygen atoms in total. The minimum atomic E-state index is -0.535. The van der Waals surface area contributed by atoms with E-state index < -0.39 is 5.82 Å². The molecule has 2 aromatic rings. The van der Waals surface area contributed by atoms with Crippen LogP contribution in [0.3, 0.4) is 0 Å². The number of nitrogens with two attached hydrogens (primary N) is 1. The number of benzene rings is 1. The molecule has 0 radical (unpaired) electrons. The second-order valence-electron chi connectivity index (χ2n) is 3.26. The van der Waals surface area contributed by atoms with Gasteiger partial charge in [0.25, 0.3) is 0 Å². The zero-order chi connectivity index (χ0) is 12.4. The van der Waals surface area contributed by atoms with Gasteiger partial charge in [-0.3, -0.25) is 0 Å². The number of hydrogen-bond acceptors (Lipinski definition) is 4. The molecule has 0 aliphatic heterocycles. The van der Waals surface area contributed by atoms with Crippen molar-refractivity contribution < 1.29 is 4.39 Å². The molecule has 0 saturated carbocycles. The van der Waals surface area contributed by atoms with Crippen LogP contribution in [0.5, 0.6) is 0 Å². The Morgan fingerprint density at radius 1 is 1.29 bits per heavy atom. The molecule has 0 atom stereocenters. The van der Waals surface area contributed by atoms with Crippen LogP contribution < -0.4 is 5.73 Å².